The molecule has 0 saturated heterocycles. The summed E-state index contributed by atoms with van der Waals surface area (Å²) >= 11 is 13.5. The van der Waals surface area contributed by atoms with Gasteiger partial charge in [0.25, 0.3) is 0 Å². The Balaban J connectivity index is 1.72. The fraction of sp³-hybridized carbons (Fsp3) is 0.375. The molecule has 1 saturated carbocycles. The number of anilines is 1. The predicted molar refractivity (Wildman–Crippen MR) is 92.8 cm³/mol. The molecule has 0 aliphatic heterocycles. The Kier molecular flexibility index (Phi) is 5.01. The van der Waals surface area contributed by atoms with E-state index in [1.807, 2.05) is 11.4 Å². The molecule has 1 aliphatic rings. The number of rotatable bonds is 3. The van der Waals surface area contributed by atoms with Gasteiger partial charge in [0.1, 0.15) is 0 Å². The number of thiazole rings is 1. The van der Waals surface area contributed by atoms with E-state index < -0.39 is 0 Å². The third-order valence-corrected chi connectivity index (χ3v) is 5.22. The van der Waals surface area contributed by atoms with Crippen molar-refractivity contribution in [2.75, 3.05) is 5.32 Å². The summed E-state index contributed by atoms with van der Waals surface area (Å²) in [4.78, 5) is 16.7. The number of hydrogen-bond acceptors (Lipinski definition) is 3. The molecule has 1 fully saturated rings. The van der Waals surface area contributed by atoms with Crippen molar-refractivity contribution in [3.8, 4) is 11.3 Å². The van der Waals surface area contributed by atoms with E-state index >= 15 is 0 Å². The maximum atomic E-state index is 12.2. The van der Waals surface area contributed by atoms with Gasteiger partial charge in [-0.15, -0.1) is 11.3 Å². The van der Waals surface area contributed by atoms with E-state index in [4.69, 9.17) is 23.2 Å². The highest BCUT2D eigenvalue weighted by Gasteiger charge is 2.22. The Hall–Kier alpha value is -1.10. The molecule has 0 bridgehead atoms. The van der Waals surface area contributed by atoms with Gasteiger partial charge in [0, 0.05) is 21.9 Å². The summed E-state index contributed by atoms with van der Waals surface area (Å²) < 4.78 is 0. The molecule has 0 spiro atoms. The van der Waals surface area contributed by atoms with Gasteiger partial charge in [0.15, 0.2) is 5.13 Å². The van der Waals surface area contributed by atoms with Crippen LogP contribution in [0.3, 0.4) is 0 Å². The van der Waals surface area contributed by atoms with Gasteiger partial charge >= 0.3 is 0 Å². The lowest BCUT2D eigenvalue weighted by molar-refractivity contribution is -0.120. The first-order chi connectivity index (χ1) is 10.6. The van der Waals surface area contributed by atoms with E-state index in [2.05, 4.69) is 10.3 Å². The van der Waals surface area contributed by atoms with Crippen LogP contribution in [0, 0.1) is 5.92 Å². The normalized spacial score (nSPS) is 15.7. The van der Waals surface area contributed by atoms with Crippen molar-refractivity contribution in [3.63, 3.8) is 0 Å². The number of halogens is 2. The van der Waals surface area contributed by atoms with Crippen molar-refractivity contribution in [2.24, 2.45) is 5.92 Å². The fourth-order valence-corrected chi connectivity index (χ4v) is 3.94. The van der Waals surface area contributed by atoms with Crippen molar-refractivity contribution in [2.45, 2.75) is 32.1 Å². The second-order valence-corrected chi connectivity index (χ2v) is 7.19. The van der Waals surface area contributed by atoms with Crippen LogP contribution in [-0.4, -0.2) is 10.9 Å². The lowest BCUT2D eigenvalue weighted by atomic mass is 9.89. The number of carbonyl (C=O) groups is 1. The minimum Gasteiger partial charge on any atom is -0.302 e. The zero-order chi connectivity index (χ0) is 15.5. The number of nitrogens with zero attached hydrogens (tertiary/aromatic N) is 1. The summed E-state index contributed by atoms with van der Waals surface area (Å²) in [6, 6.07) is 5.31. The molecule has 1 amide bonds. The Labute approximate surface area is 143 Å². The summed E-state index contributed by atoms with van der Waals surface area (Å²) in [5.74, 6) is 0.211. The maximum Gasteiger partial charge on any atom is 0.229 e. The minimum absolute atomic E-state index is 0.0859. The molecule has 1 heterocycles. The average molecular weight is 355 g/mol. The van der Waals surface area contributed by atoms with E-state index in [1.54, 1.807) is 12.1 Å². The molecule has 1 N–H and O–H groups in total. The zero-order valence-corrected chi connectivity index (χ0v) is 14.3. The molecule has 0 unspecified atom stereocenters. The molecule has 3 rings (SSSR count). The van der Waals surface area contributed by atoms with Crippen LogP contribution >= 0.6 is 34.5 Å². The Bertz CT molecular complexity index is 681. The van der Waals surface area contributed by atoms with E-state index in [9.17, 15) is 4.79 Å². The van der Waals surface area contributed by atoms with Crippen LogP contribution in [0.5, 0.6) is 0 Å². The van der Waals surface area contributed by atoms with Crippen LogP contribution in [0.4, 0.5) is 5.13 Å². The number of benzene rings is 1. The van der Waals surface area contributed by atoms with Gasteiger partial charge in [-0.2, -0.15) is 0 Å². The first kappa shape index (κ1) is 15.8. The summed E-state index contributed by atoms with van der Waals surface area (Å²) in [5.41, 5.74) is 1.58. The molecule has 1 aromatic carbocycles. The minimum atomic E-state index is 0.0859. The molecule has 116 valence electrons. The Morgan fingerprint density at radius 1 is 1.23 bits per heavy atom. The van der Waals surface area contributed by atoms with Gasteiger partial charge in [-0.3, -0.25) is 4.79 Å². The number of nitrogens with one attached hydrogen (secondary N) is 1. The molecule has 0 atom stereocenters. The van der Waals surface area contributed by atoms with Crippen LogP contribution < -0.4 is 5.32 Å². The molecule has 1 aromatic heterocycles. The van der Waals surface area contributed by atoms with Crippen LogP contribution in [-0.2, 0) is 4.79 Å². The zero-order valence-electron chi connectivity index (χ0n) is 11.9. The first-order valence-electron chi connectivity index (χ1n) is 7.35. The number of aromatic nitrogens is 1. The lowest BCUT2D eigenvalue weighted by Gasteiger charge is -2.19. The van der Waals surface area contributed by atoms with E-state index in [0.29, 0.717) is 15.2 Å². The highest BCUT2D eigenvalue weighted by atomic mass is 35.5. The molecule has 1 aliphatic carbocycles. The van der Waals surface area contributed by atoms with Crippen LogP contribution in [0.1, 0.15) is 32.1 Å². The number of carbonyl (C=O) groups excluding carboxylic acids is 1. The van der Waals surface area contributed by atoms with Gasteiger partial charge in [-0.05, 0) is 31.0 Å². The monoisotopic (exact) mass is 354 g/mol. The van der Waals surface area contributed by atoms with Crippen molar-refractivity contribution < 1.29 is 4.79 Å². The van der Waals surface area contributed by atoms with Crippen molar-refractivity contribution in [1.29, 1.82) is 0 Å². The summed E-state index contributed by atoms with van der Waals surface area (Å²) in [6.45, 7) is 0. The maximum absolute atomic E-state index is 12.2. The Morgan fingerprint density at radius 2 is 2.00 bits per heavy atom. The van der Waals surface area contributed by atoms with Crippen LogP contribution in [0.25, 0.3) is 11.3 Å². The molecule has 6 heteroatoms. The van der Waals surface area contributed by atoms with Crippen LogP contribution in [0.2, 0.25) is 10.0 Å². The summed E-state index contributed by atoms with van der Waals surface area (Å²) in [7, 11) is 0. The molecular formula is C16H16Cl2N2OS. The van der Waals surface area contributed by atoms with Gasteiger partial charge < -0.3 is 5.32 Å². The standard InChI is InChI=1S/C16H16Cl2N2OS/c17-11-6-7-12(13(18)8-11)14-9-22-16(19-14)20-15(21)10-4-2-1-3-5-10/h6-10H,1-5H2,(H,19,20,21). The van der Waals surface area contributed by atoms with E-state index in [-0.39, 0.29) is 11.8 Å². The molecule has 3 nitrogen and oxygen atoms in total. The summed E-state index contributed by atoms with van der Waals surface area (Å²) in [6.07, 6.45) is 5.48. The fourth-order valence-electron chi connectivity index (χ4n) is 2.72. The van der Waals surface area contributed by atoms with E-state index in [1.165, 1.54) is 17.8 Å². The van der Waals surface area contributed by atoms with Crippen molar-refractivity contribution in [1.82, 2.24) is 4.98 Å². The third kappa shape index (κ3) is 3.62. The molecule has 0 radical (unpaired) electrons. The largest absolute Gasteiger partial charge is 0.302 e. The SMILES string of the molecule is O=C(Nc1nc(-c2ccc(Cl)cc2Cl)cs1)C1CCCCC1. The van der Waals surface area contributed by atoms with Gasteiger partial charge in [0.05, 0.1) is 10.7 Å². The quantitative estimate of drug-likeness (QED) is 0.775. The second-order valence-electron chi connectivity index (χ2n) is 5.49. The number of amides is 1. The first-order valence-corrected chi connectivity index (χ1v) is 8.99. The predicted octanol–water partition coefficient (Wildman–Crippen LogP) is 5.64. The summed E-state index contributed by atoms with van der Waals surface area (Å²) in [5, 5.41) is 6.60. The highest BCUT2D eigenvalue weighted by Crippen LogP contribution is 2.33. The van der Waals surface area contributed by atoms with Gasteiger partial charge in [0.2, 0.25) is 5.91 Å². The van der Waals surface area contributed by atoms with Crippen LogP contribution in [0.15, 0.2) is 23.6 Å². The molecule has 2 aromatic rings. The number of hydrogen-bond donors (Lipinski definition) is 1. The van der Waals surface area contributed by atoms with Gasteiger partial charge in [-0.1, -0.05) is 42.5 Å². The van der Waals surface area contributed by atoms with Gasteiger partial charge in [-0.25, -0.2) is 4.98 Å². The third-order valence-electron chi connectivity index (χ3n) is 3.92. The van der Waals surface area contributed by atoms with E-state index in [0.717, 1.165) is 36.9 Å². The molecule has 22 heavy (non-hydrogen) atoms. The Morgan fingerprint density at radius 3 is 2.73 bits per heavy atom. The highest BCUT2D eigenvalue weighted by molar-refractivity contribution is 7.14. The second kappa shape index (κ2) is 6.99. The smallest absolute Gasteiger partial charge is 0.229 e. The molecular weight excluding hydrogens is 339 g/mol. The average Bonchev–Trinajstić information content (AvgIpc) is 2.96. The topological polar surface area (TPSA) is 42.0 Å². The van der Waals surface area contributed by atoms with Crippen molar-refractivity contribution in [3.05, 3.63) is 33.6 Å². The van der Waals surface area contributed by atoms with Crippen molar-refractivity contribution >= 4 is 45.6 Å². The lowest BCUT2D eigenvalue weighted by Crippen LogP contribution is -2.24.